The molecule has 3 nitrogen and oxygen atoms in total. The largest absolute Gasteiger partial charge is 0.478 e. The first-order chi connectivity index (χ1) is 9.08. The molecular formula is C15H14FNO2. The Labute approximate surface area is 110 Å². The SMILES string of the molecule is Cc1c(C(=O)O)cc(-c2ccc(F)cc2)n1C1CC1. The number of nitrogens with zero attached hydrogens (tertiary/aromatic N) is 1. The number of carbonyl (C=O) groups is 1. The number of benzene rings is 1. The highest BCUT2D eigenvalue weighted by atomic mass is 19.1. The molecule has 1 aromatic carbocycles. The predicted molar refractivity (Wildman–Crippen MR) is 69.8 cm³/mol. The topological polar surface area (TPSA) is 42.2 Å². The number of hydrogen-bond donors (Lipinski definition) is 1. The van der Waals surface area contributed by atoms with Crippen LogP contribution in [0.2, 0.25) is 0 Å². The first-order valence-corrected chi connectivity index (χ1v) is 6.29. The van der Waals surface area contributed by atoms with Crippen molar-refractivity contribution < 1.29 is 14.3 Å². The molecule has 0 radical (unpaired) electrons. The number of carboxylic acids is 1. The Morgan fingerprint density at radius 3 is 2.47 bits per heavy atom. The van der Waals surface area contributed by atoms with Gasteiger partial charge in [-0.05, 0) is 55.7 Å². The fourth-order valence-electron chi connectivity index (χ4n) is 2.48. The zero-order valence-electron chi connectivity index (χ0n) is 10.6. The van der Waals surface area contributed by atoms with Gasteiger partial charge in [0.15, 0.2) is 0 Å². The maximum Gasteiger partial charge on any atom is 0.337 e. The molecule has 0 atom stereocenters. The summed E-state index contributed by atoms with van der Waals surface area (Å²) < 4.78 is 15.1. The lowest BCUT2D eigenvalue weighted by Gasteiger charge is -2.10. The lowest BCUT2D eigenvalue weighted by molar-refractivity contribution is 0.0696. The van der Waals surface area contributed by atoms with Crippen LogP contribution >= 0.6 is 0 Å². The molecule has 0 amide bonds. The Hall–Kier alpha value is -2.10. The Morgan fingerprint density at radius 1 is 1.32 bits per heavy atom. The molecule has 1 saturated carbocycles. The molecule has 1 heterocycles. The normalized spacial score (nSPS) is 14.6. The van der Waals surface area contributed by atoms with Crippen molar-refractivity contribution in [1.29, 1.82) is 0 Å². The molecule has 0 spiro atoms. The van der Waals surface area contributed by atoms with Gasteiger partial charge in [0.2, 0.25) is 0 Å². The third-order valence-electron chi connectivity index (χ3n) is 3.57. The van der Waals surface area contributed by atoms with Crippen LogP contribution in [0.15, 0.2) is 30.3 Å². The first-order valence-electron chi connectivity index (χ1n) is 6.29. The van der Waals surface area contributed by atoms with Gasteiger partial charge in [-0.2, -0.15) is 0 Å². The van der Waals surface area contributed by atoms with Gasteiger partial charge >= 0.3 is 5.97 Å². The molecule has 3 rings (SSSR count). The third-order valence-corrected chi connectivity index (χ3v) is 3.57. The van der Waals surface area contributed by atoms with Crippen molar-refractivity contribution in [2.75, 3.05) is 0 Å². The van der Waals surface area contributed by atoms with Crippen molar-refractivity contribution in [3.63, 3.8) is 0 Å². The lowest BCUT2D eigenvalue weighted by Crippen LogP contribution is -2.02. The van der Waals surface area contributed by atoms with Crippen molar-refractivity contribution in [2.45, 2.75) is 25.8 Å². The molecule has 1 fully saturated rings. The van der Waals surface area contributed by atoms with Crippen molar-refractivity contribution >= 4 is 5.97 Å². The molecule has 0 saturated heterocycles. The molecule has 2 aromatic rings. The highest BCUT2D eigenvalue weighted by molar-refractivity contribution is 5.91. The quantitative estimate of drug-likeness (QED) is 0.914. The van der Waals surface area contributed by atoms with Crippen LogP contribution in [0.25, 0.3) is 11.3 Å². The monoisotopic (exact) mass is 259 g/mol. The van der Waals surface area contributed by atoms with Crippen LogP contribution in [0.3, 0.4) is 0 Å². The first kappa shape index (κ1) is 12.0. The van der Waals surface area contributed by atoms with E-state index in [-0.39, 0.29) is 5.82 Å². The molecule has 0 bridgehead atoms. The van der Waals surface area contributed by atoms with Crippen molar-refractivity contribution in [3.8, 4) is 11.3 Å². The third kappa shape index (κ3) is 2.03. The summed E-state index contributed by atoms with van der Waals surface area (Å²) in [5, 5.41) is 9.22. The van der Waals surface area contributed by atoms with E-state index in [4.69, 9.17) is 0 Å². The highest BCUT2D eigenvalue weighted by Crippen LogP contribution is 2.41. The number of halogens is 1. The second kappa shape index (κ2) is 4.23. The van der Waals surface area contributed by atoms with E-state index in [2.05, 4.69) is 4.57 Å². The van der Waals surface area contributed by atoms with Gasteiger partial charge in [-0.1, -0.05) is 0 Å². The second-order valence-corrected chi connectivity index (χ2v) is 4.94. The van der Waals surface area contributed by atoms with Gasteiger partial charge < -0.3 is 9.67 Å². The molecule has 0 unspecified atom stereocenters. The fraction of sp³-hybridized carbons (Fsp3) is 0.267. The summed E-state index contributed by atoms with van der Waals surface area (Å²) in [6.07, 6.45) is 2.14. The van der Waals surface area contributed by atoms with Gasteiger partial charge in [0, 0.05) is 17.4 Å². The zero-order chi connectivity index (χ0) is 13.6. The summed E-state index contributed by atoms with van der Waals surface area (Å²) in [4.78, 5) is 11.2. The van der Waals surface area contributed by atoms with Gasteiger partial charge in [-0.15, -0.1) is 0 Å². The van der Waals surface area contributed by atoms with E-state index in [1.165, 1.54) is 12.1 Å². The van der Waals surface area contributed by atoms with E-state index in [1.807, 2.05) is 6.92 Å². The van der Waals surface area contributed by atoms with Gasteiger partial charge in [0.1, 0.15) is 5.82 Å². The maximum absolute atomic E-state index is 13.0. The number of carboxylic acid groups (broad SMARTS) is 1. The van der Waals surface area contributed by atoms with Crippen LogP contribution in [0.5, 0.6) is 0 Å². The molecule has 1 N–H and O–H groups in total. The Balaban J connectivity index is 2.16. The van der Waals surface area contributed by atoms with E-state index in [0.29, 0.717) is 11.6 Å². The number of hydrogen-bond acceptors (Lipinski definition) is 1. The number of rotatable bonds is 3. The molecular weight excluding hydrogens is 245 g/mol. The van der Waals surface area contributed by atoms with E-state index >= 15 is 0 Å². The van der Waals surface area contributed by atoms with Gasteiger partial charge in [0.05, 0.1) is 5.56 Å². The minimum atomic E-state index is -0.916. The van der Waals surface area contributed by atoms with Crippen molar-refractivity contribution in [1.82, 2.24) is 4.57 Å². The van der Waals surface area contributed by atoms with Crippen molar-refractivity contribution in [3.05, 3.63) is 47.4 Å². The standard InChI is InChI=1S/C15H14FNO2/c1-9-13(15(18)19)8-14(17(9)12-6-7-12)10-2-4-11(16)5-3-10/h2-5,8,12H,6-7H2,1H3,(H,18,19). The van der Waals surface area contributed by atoms with Crippen LogP contribution in [0, 0.1) is 12.7 Å². The Bertz CT molecular complexity index is 639. The minimum Gasteiger partial charge on any atom is -0.478 e. The van der Waals surface area contributed by atoms with E-state index < -0.39 is 5.97 Å². The molecule has 1 aromatic heterocycles. The molecule has 19 heavy (non-hydrogen) atoms. The molecule has 1 aliphatic rings. The zero-order valence-corrected chi connectivity index (χ0v) is 10.6. The number of aromatic carboxylic acids is 1. The van der Waals surface area contributed by atoms with E-state index in [9.17, 15) is 14.3 Å². The van der Waals surface area contributed by atoms with Crippen LogP contribution in [0.1, 0.15) is 34.9 Å². The van der Waals surface area contributed by atoms with Crippen molar-refractivity contribution in [2.24, 2.45) is 0 Å². The second-order valence-electron chi connectivity index (χ2n) is 4.94. The summed E-state index contributed by atoms with van der Waals surface area (Å²) in [6.45, 7) is 1.83. The summed E-state index contributed by atoms with van der Waals surface area (Å²) in [5.41, 5.74) is 2.81. The summed E-state index contributed by atoms with van der Waals surface area (Å²) >= 11 is 0. The minimum absolute atomic E-state index is 0.288. The highest BCUT2D eigenvalue weighted by Gasteiger charge is 2.29. The fourth-order valence-corrected chi connectivity index (χ4v) is 2.48. The maximum atomic E-state index is 13.0. The summed E-state index contributed by atoms with van der Waals surface area (Å²) in [6, 6.07) is 8.24. The van der Waals surface area contributed by atoms with Gasteiger partial charge in [-0.25, -0.2) is 9.18 Å². The van der Waals surface area contributed by atoms with E-state index in [1.54, 1.807) is 18.2 Å². The smallest absolute Gasteiger partial charge is 0.337 e. The molecule has 0 aliphatic heterocycles. The van der Waals surface area contributed by atoms with Crippen LogP contribution in [-0.4, -0.2) is 15.6 Å². The van der Waals surface area contributed by atoms with Gasteiger partial charge in [-0.3, -0.25) is 0 Å². The van der Waals surface area contributed by atoms with Crippen LogP contribution < -0.4 is 0 Å². The van der Waals surface area contributed by atoms with Crippen LogP contribution in [-0.2, 0) is 0 Å². The average Bonchev–Trinajstić information content (AvgIpc) is 3.14. The predicted octanol–water partition coefficient (Wildman–Crippen LogP) is 3.64. The summed E-state index contributed by atoms with van der Waals surface area (Å²) in [7, 11) is 0. The van der Waals surface area contributed by atoms with Crippen LogP contribution in [0.4, 0.5) is 4.39 Å². The number of aromatic nitrogens is 1. The Kier molecular flexibility index (Phi) is 2.66. The molecule has 4 heteroatoms. The van der Waals surface area contributed by atoms with Gasteiger partial charge in [0.25, 0.3) is 0 Å². The van der Waals surface area contributed by atoms with E-state index in [0.717, 1.165) is 29.8 Å². The average molecular weight is 259 g/mol. The summed E-state index contributed by atoms with van der Waals surface area (Å²) in [5.74, 6) is -1.20. The molecule has 98 valence electrons. The molecule has 1 aliphatic carbocycles. The lowest BCUT2D eigenvalue weighted by atomic mass is 10.1. The Morgan fingerprint density at radius 2 is 1.95 bits per heavy atom.